The van der Waals surface area contributed by atoms with Gasteiger partial charge >= 0.3 is 0 Å². The second kappa shape index (κ2) is 17.4. The number of nitrogens with zero attached hydrogens (tertiary/aromatic N) is 2. The molecule has 0 atom stereocenters. The average molecular weight is 519 g/mol. The standard InChI is InChI=1S/C26H34N2O9/c29-9-11-31-13-15-33-17-19-35-23-5-1-21(2-6-23)25-27-28-26(37-25)22-3-7-24(8-4-22)36-20-18-34-16-14-32-12-10-30/h1-8,29-30H,9-20H2. The van der Waals surface area contributed by atoms with Crippen LogP contribution in [0.5, 0.6) is 11.5 Å². The summed E-state index contributed by atoms with van der Waals surface area (Å²) in [7, 11) is 0. The molecule has 0 saturated carbocycles. The smallest absolute Gasteiger partial charge is 0.248 e. The first kappa shape index (κ1) is 28.5. The number of benzene rings is 2. The molecular formula is C26H34N2O9. The van der Waals surface area contributed by atoms with Crippen LogP contribution in [0, 0.1) is 0 Å². The van der Waals surface area contributed by atoms with Crippen LogP contribution >= 0.6 is 0 Å². The number of aromatic nitrogens is 2. The van der Waals surface area contributed by atoms with Gasteiger partial charge in [0.15, 0.2) is 0 Å². The average Bonchev–Trinajstić information content (AvgIpc) is 3.43. The zero-order chi connectivity index (χ0) is 26.0. The van der Waals surface area contributed by atoms with E-state index in [0.29, 0.717) is 89.3 Å². The van der Waals surface area contributed by atoms with Crippen molar-refractivity contribution in [2.75, 3.05) is 79.3 Å². The van der Waals surface area contributed by atoms with Crippen molar-refractivity contribution in [2.45, 2.75) is 0 Å². The minimum Gasteiger partial charge on any atom is -0.491 e. The number of rotatable bonds is 20. The summed E-state index contributed by atoms with van der Waals surface area (Å²) in [6.45, 7) is 4.16. The summed E-state index contributed by atoms with van der Waals surface area (Å²) >= 11 is 0. The van der Waals surface area contributed by atoms with E-state index in [1.165, 1.54) is 0 Å². The quantitative estimate of drug-likeness (QED) is 0.213. The van der Waals surface area contributed by atoms with Crippen LogP contribution in [0.4, 0.5) is 0 Å². The van der Waals surface area contributed by atoms with Crippen LogP contribution in [-0.4, -0.2) is 99.7 Å². The van der Waals surface area contributed by atoms with E-state index in [-0.39, 0.29) is 13.2 Å². The monoisotopic (exact) mass is 518 g/mol. The summed E-state index contributed by atoms with van der Waals surface area (Å²) in [6, 6.07) is 14.8. The van der Waals surface area contributed by atoms with Crippen LogP contribution in [-0.2, 0) is 18.9 Å². The Labute approximate surface area is 215 Å². The largest absolute Gasteiger partial charge is 0.491 e. The molecule has 0 spiro atoms. The highest BCUT2D eigenvalue weighted by Gasteiger charge is 2.11. The fraction of sp³-hybridized carbons (Fsp3) is 0.462. The maximum atomic E-state index is 8.63. The van der Waals surface area contributed by atoms with Crippen LogP contribution in [0.3, 0.4) is 0 Å². The highest BCUT2D eigenvalue weighted by Crippen LogP contribution is 2.26. The Kier molecular flexibility index (Phi) is 13.4. The third-order valence-electron chi connectivity index (χ3n) is 4.84. The number of aliphatic hydroxyl groups excluding tert-OH is 2. The minimum absolute atomic E-state index is 0.00915. The molecule has 2 N–H and O–H groups in total. The number of aliphatic hydroxyl groups is 2. The van der Waals surface area contributed by atoms with Gasteiger partial charge < -0.3 is 43.1 Å². The molecular weight excluding hydrogens is 484 g/mol. The lowest BCUT2D eigenvalue weighted by molar-refractivity contribution is 0.0247. The summed E-state index contributed by atoms with van der Waals surface area (Å²) in [5, 5.41) is 25.6. The first-order chi connectivity index (χ1) is 18.3. The Morgan fingerprint density at radius 2 is 0.838 bits per heavy atom. The Morgan fingerprint density at radius 1 is 0.486 bits per heavy atom. The normalized spacial score (nSPS) is 11.1. The molecule has 0 fully saturated rings. The van der Waals surface area contributed by atoms with E-state index < -0.39 is 0 Å². The molecule has 1 heterocycles. The third-order valence-corrected chi connectivity index (χ3v) is 4.84. The van der Waals surface area contributed by atoms with Crippen LogP contribution < -0.4 is 9.47 Å². The zero-order valence-electron chi connectivity index (χ0n) is 20.8. The lowest BCUT2D eigenvalue weighted by atomic mass is 10.2. The molecule has 2 aromatic carbocycles. The predicted octanol–water partition coefficient (Wildman–Crippen LogP) is 2.21. The molecule has 0 unspecified atom stereocenters. The molecule has 1 aromatic heterocycles. The van der Waals surface area contributed by atoms with Crippen molar-refractivity contribution in [3.8, 4) is 34.4 Å². The van der Waals surface area contributed by atoms with Crippen molar-refractivity contribution in [3.05, 3.63) is 48.5 Å². The molecule has 202 valence electrons. The maximum absolute atomic E-state index is 8.63. The molecule has 0 radical (unpaired) electrons. The summed E-state index contributed by atoms with van der Waals surface area (Å²) in [6.07, 6.45) is 0. The van der Waals surface area contributed by atoms with Gasteiger partial charge in [0.05, 0.1) is 66.1 Å². The number of hydrogen-bond acceptors (Lipinski definition) is 11. The second-order valence-corrected chi connectivity index (χ2v) is 7.55. The number of hydrogen-bond donors (Lipinski definition) is 2. The van der Waals surface area contributed by atoms with Crippen molar-refractivity contribution in [3.63, 3.8) is 0 Å². The first-order valence-corrected chi connectivity index (χ1v) is 12.1. The fourth-order valence-electron chi connectivity index (χ4n) is 3.05. The Bertz CT molecular complexity index is 902. The molecule has 11 heteroatoms. The van der Waals surface area contributed by atoms with Crippen LogP contribution in [0.25, 0.3) is 22.9 Å². The minimum atomic E-state index is 0.00915. The van der Waals surface area contributed by atoms with Crippen molar-refractivity contribution in [2.24, 2.45) is 0 Å². The molecule has 0 amide bonds. The van der Waals surface area contributed by atoms with Crippen LogP contribution in [0.15, 0.2) is 52.9 Å². The van der Waals surface area contributed by atoms with E-state index >= 15 is 0 Å². The van der Waals surface area contributed by atoms with Crippen molar-refractivity contribution in [1.29, 1.82) is 0 Å². The topological polar surface area (TPSA) is 135 Å². The van der Waals surface area contributed by atoms with E-state index in [2.05, 4.69) is 10.2 Å². The second-order valence-electron chi connectivity index (χ2n) is 7.55. The summed E-state index contributed by atoms with van der Waals surface area (Å²) in [5.74, 6) is 2.24. The molecule has 0 bridgehead atoms. The van der Waals surface area contributed by atoms with Gasteiger partial charge in [-0.1, -0.05) is 0 Å². The highest BCUT2D eigenvalue weighted by molar-refractivity contribution is 5.59. The molecule has 3 aromatic rings. The summed E-state index contributed by atoms with van der Waals surface area (Å²) in [5.41, 5.74) is 1.56. The van der Waals surface area contributed by atoms with Crippen molar-refractivity contribution < 1.29 is 43.1 Å². The Morgan fingerprint density at radius 3 is 1.22 bits per heavy atom. The maximum Gasteiger partial charge on any atom is 0.248 e. The predicted molar refractivity (Wildman–Crippen MR) is 134 cm³/mol. The molecule has 0 saturated heterocycles. The van der Waals surface area contributed by atoms with Crippen molar-refractivity contribution in [1.82, 2.24) is 10.2 Å². The Balaban J connectivity index is 1.37. The molecule has 0 aliphatic rings. The van der Waals surface area contributed by atoms with Gasteiger partial charge in [0, 0.05) is 11.1 Å². The van der Waals surface area contributed by atoms with E-state index in [0.717, 1.165) is 11.1 Å². The lowest BCUT2D eigenvalue weighted by Crippen LogP contribution is -2.11. The zero-order valence-corrected chi connectivity index (χ0v) is 20.8. The third kappa shape index (κ3) is 10.8. The van der Waals surface area contributed by atoms with Gasteiger partial charge in [-0.25, -0.2) is 0 Å². The van der Waals surface area contributed by atoms with Gasteiger partial charge in [0.1, 0.15) is 24.7 Å². The molecule has 37 heavy (non-hydrogen) atoms. The van der Waals surface area contributed by atoms with Gasteiger partial charge in [0.25, 0.3) is 0 Å². The Hall–Kier alpha value is -3.06. The highest BCUT2D eigenvalue weighted by atomic mass is 16.6. The molecule has 3 rings (SSSR count). The van der Waals surface area contributed by atoms with Gasteiger partial charge in [-0.05, 0) is 48.5 Å². The summed E-state index contributed by atoms with van der Waals surface area (Å²) in [4.78, 5) is 0. The molecule has 11 nitrogen and oxygen atoms in total. The molecule has 0 aliphatic heterocycles. The van der Waals surface area contributed by atoms with Gasteiger partial charge in [-0.15, -0.1) is 10.2 Å². The first-order valence-electron chi connectivity index (χ1n) is 12.1. The van der Waals surface area contributed by atoms with E-state index in [4.69, 9.17) is 43.1 Å². The SMILES string of the molecule is OCCOCCOCCOc1ccc(-c2nnc(-c3ccc(OCCOCCOCCO)cc3)o2)cc1. The number of ether oxygens (including phenoxy) is 6. The van der Waals surface area contributed by atoms with Gasteiger partial charge in [-0.2, -0.15) is 0 Å². The van der Waals surface area contributed by atoms with E-state index in [1.54, 1.807) is 0 Å². The summed E-state index contributed by atoms with van der Waals surface area (Å²) < 4.78 is 38.2. The molecule has 0 aliphatic carbocycles. The fourth-order valence-corrected chi connectivity index (χ4v) is 3.05. The van der Waals surface area contributed by atoms with Gasteiger partial charge in [0.2, 0.25) is 11.8 Å². The van der Waals surface area contributed by atoms with E-state index in [9.17, 15) is 0 Å². The lowest BCUT2D eigenvalue weighted by Gasteiger charge is -2.08. The van der Waals surface area contributed by atoms with Gasteiger partial charge in [-0.3, -0.25) is 0 Å². The van der Waals surface area contributed by atoms with Crippen molar-refractivity contribution >= 4 is 0 Å². The van der Waals surface area contributed by atoms with E-state index in [1.807, 2.05) is 48.5 Å². The van der Waals surface area contributed by atoms with Crippen LogP contribution in [0.1, 0.15) is 0 Å². The van der Waals surface area contributed by atoms with Crippen LogP contribution in [0.2, 0.25) is 0 Å².